The Morgan fingerprint density at radius 1 is 0.975 bits per heavy atom. The Hall–Kier alpha value is -3.46. The van der Waals surface area contributed by atoms with Crippen LogP contribution in [0, 0.1) is 11.8 Å². The van der Waals surface area contributed by atoms with Crippen LogP contribution in [0.5, 0.6) is 5.88 Å². The van der Waals surface area contributed by atoms with Crippen molar-refractivity contribution in [3.05, 3.63) is 95.7 Å². The van der Waals surface area contributed by atoms with Crippen molar-refractivity contribution in [1.29, 1.82) is 0 Å². The molecule has 9 heteroatoms. The number of primary amides is 1. The lowest BCUT2D eigenvalue weighted by molar-refractivity contribution is -0.191. The van der Waals surface area contributed by atoms with Crippen LogP contribution in [0.2, 0.25) is 0 Å². The van der Waals surface area contributed by atoms with Crippen LogP contribution >= 0.6 is 0 Å². The fourth-order valence-corrected chi connectivity index (χ4v) is 5.51. The average Bonchev–Trinajstić information content (AvgIpc) is 2.94. The number of ether oxygens (including phenoxy) is 1. The van der Waals surface area contributed by atoms with Crippen molar-refractivity contribution in [3.63, 3.8) is 0 Å². The van der Waals surface area contributed by atoms with E-state index in [1.54, 1.807) is 6.07 Å². The highest BCUT2D eigenvalue weighted by Gasteiger charge is 2.45. The molecule has 0 radical (unpaired) electrons. The number of hydrogen-bond donors (Lipinski definition) is 1. The Balaban J connectivity index is 1.48. The molecule has 3 atom stereocenters. The van der Waals surface area contributed by atoms with Crippen molar-refractivity contribution >= 4 is 5.91 Å². The molecule has 4 rings (SSSR count). The predicted molar refractivity (Wildman–Crippen MR) is 146 cm³/mol. The second kappa shape index (κ2) is 13.7. The SMILES string of the molecule is NC(=O)c1ccc(OCCCN(CC2CC(F)CC(C(F)(F)F)C2)CC(c2ccccc2)c2ccccc2)nc1. The minimum Gasteiger partial charge on any atom is -0.478 e. The van der Waals surface area contributed by atoms with E-state index in [-0.39, 0.29) is 24.3 Å². The van der Waals surface area contributed by atoms with Gasteiger partial charge in [-0.05, 0) is 48.8 Å². The highest BCUT2D eigenvalue weighted by molar-refractivity contribution is 5.92. The van der Waals surface area contributed by atoms with Gasteiger partial charge in [0.15, 0.2) is 0 Å². The third-order valence-corrected chi connectivity index (χ3v) is 7.46. The number of hydrogen-bond acceptors (Lipinski definition) is 4. The molecule has 2 N–H and O–H groups in total. The maximum Gasteiger partial charge on any atom is 0.391 e. The molecule has 3 aromatic rings. The van der Waals surface area contributed by atoms with E-state index in [1.165, 1.54) is 12.3 Å². The smallest absolute Gasteiger partial charge is 0.391 e. The average molecular weight is 558 g/mol. The van der Waals surface area contributed by atoms with Crippen LogP contribution in [-0.2, 0) is 0 Å². The summed E-state index contributed by atoms with van der Waals surface area (Å²) in [5.74, 6) is -2.24. The Bertz CT molecular complexity index is 1150. The quantitative estimate of drug-likeness (QED) is 0.207. The predicted octanol–water partition coefficient (Wildman–Crippen LogP) is 6.40. The third-order valence-electron chi connectivity index (χ3n) is 7.46. The summed E-state index contributed by atoms with van der Waals surface area (Å²) < 4.78 is 60.8. The molecule has 0 saturated heterocycles. The minimum atomic E-state index is -4.39. The van der Waals surface area contributed by atoms with Crippen molar-refractivity contribution in [2.24, 2.45) is 17.6 Å². The van der Waals surface area contributed by atoms with Crippen LogP contribution in [0.15, 0.2) is 79.0 Å². The molecule has 1 amide bonds. The number of pyridine rings is 1. The van der Waals surface area contributed by atoms with Crippen LogP contribution in [0.3, 0.4) is 0 Å². The molecule has 1 heterocycles. The largest absolute Gasteiger partial charge is 0.478 e. The molecule has 40 heavy (non-hydrogen) atoms. The number of aromatic nitrogens is 1. The number of amides is 1. The molecule has 1 aliphatic rings. The van der Waals surface area contributed by atoms with Gasteiger partial charge in [0.05, 0.1) is 18.1 Å². The maximum absolute atomic E-state index is 14.5. The van der Waals surface area contributed by atoms with E-state index < -0.39 is 36.5 Å². The molecular formula is C31H35F4N3O2. The number of rotatable bonds is 12. The normalized spacial score (nSPS) is 19.6. The first kappa shape index (κ1) is 29.5. The fourth-order valence-electron chi connectivity index (χ4n) is 5.51. The molecular weight excluding hydrogens is 522 g/mol. The van der Waals surface area contributed by atoms with Crippen LogP contribution in [-0.4, -0.2) is 54.4 Å². The standard InChI is InChI=1S/C31H35F4N3O2/c32-27-17-22(16-26(18-27)31(33,34)35)20-38(14-7-15-40-29-13-12-25(19-37-29)30(36)39)21-28(23-8-3-1-4-9-23)24-10-5-2-6-11-24/h1-6,8-13,19,22,26-28H,7,14-18,20-21H2,(H2,36,39). The van der Waals surface area contributed by atoms with Gasteiger partial charge in [-0.1, -0.05) is 60.7 Å². The summed E-state index contributed by atoms with van der Waals surface area (Å²) in [5.41, 5.74) is 7.74. The van der Waals surface area contributed by atoms with Gasteiger partial charge in [-0.25, -0.2) is 9.37 Å². The second-order valence-electron chi connectivity index (χ2n) is 10.5. The van der Waals surface area contributed by atoms with E-state index >= 15 is 0 Å². The highest BCUT2D eigenvalue weighted by Crippen LogP contribution is 2.41. The van der Waals surface area contributed by atoms with Crippen LogP contribution in [0.1, 0.15) is 53.1 Å². The zero-order valence-electron chi connectivity index (χ0n) is 22.3. The monoisotopic (exact) mass is 557 g/mol. The van der Waals surface area contributed by atoms with Crippen LogP contribution in [0.25, 0.3) is 0 Å². The Morgan fingerprint density at radius 2 is 1.62 bits per heavy atom. The summed E-state index contributed by atoms with van der Waals surface area (Å²) in [6.07, 6.45) is -4.29. The topological polar surface area (TPSA) is 68.5 Å². The van der Waals surface area contributed by atoms with Gasteiger partial charge in [-0.2, -0.15) is 13.2 Å². The van der Waals surface area contributed by atoms with Crippen molar-refractivity contribution in [1.82, 2.24) is 9.88 Å². The van der Waals surface area contributed by atoms with Gasteiger partial charge >= 0.3 is 6.18 Å². The minimum absolute atomic E-state index is 0.00509. The van der Waals surface area contributed by atoms with E-state index in [4.69, 9.17) is 10.5 Å². The van der Waals surface area contributed by atoms with Crippen molar-refractivity contribution in [2.75, 3.05) is 26.2 Å². The summed E-state index contributed by atoms with van der Waals surface area (Å²) in [6.45, 7) is 1.82. The first-order valence-electron chi connectivity index (χ1n) is 13.6. The molecule has 0 aliphatic heterocycles. The van der Waals surface area contributed by atoms with Crippen molar-refractivity contribution < 1.29 is 27.1 Å². The molecule has 1 aromatic heterocycles. The fraction of sp³-hybridized carbons (Fsp3) is 0.419. The second-order valence-corrected chi connectivity index (χ2v) is 10.5. The van der Waals surface area contributed by atoms with Gasteiger partial charge in [0.1, 0.15) is 6.17 Å². The third kappa shape index (κ3) is 8.52. The molecule has 5 nitrogen and oxygen atoms in total. The lowest BCUT2D eigenvalue weighted by atomic mass is 9.79. The molecule has 3 unspecified atom stereocenters. The van der Waals surface area contributed by atoms with E-state index in [2.05, 4.69) is 34.1 Å². The summed E-state index contributed by atoms with van der Waals surface area (Å²) in [5, 5.41) is 0. The lowest BCUT2D eigenvalue weighted by Crippen LogP contribution is -2.40. The van der Waals surface area contributed by atoms with Gasteiger partial charge in [0.2, 0.25) is 11.8 Å². The number of benzene rings is 2. The zero-order valence-corrected chi connectivity index (χ0v) is 22.3. The van der Waals surface area contributed by atoms with Gasteiger partial charge < -0.3 is 15.4 Å². The number of carbonyl (C=O) groups is 1. The molecule has 1 saturated carbocycles. The first-order chi connectivity index (χ1) is 19.2. The van der Waals surface area contributed by atoms with Gasteiger partial charge in [0.25, 0.3) is 0 Å². The van der Waals surface area contributed by atoms with Gasteiger partial charge in [-0.15, -0.1) is 0 Å². The highest BCUT2D eigenvalue weighted by atomic mass is 19.4. The Kier molecular flexibility index (Phi) is 10.1. The summed E-state index contributed by atoms with van der Waals surface area (Å²) in [4.78, 5) is 17.5. The zero-order chi connectivity index (χ0) is 28.5. The van der Waals surface area contributed by atoms with Crippen molar-refractivity contribution in [2.45, 2.75) is 43.9 Å². The summed E-state index contributed by atoms with van der Waals surface area (Å²) in [6, 6.07) is 23.1. The van der Waals surface area contributed by atoms with Crippen molar-refractivity contribution in [3.8, 4) is 5.88 Å². The number of nitrogens with two attached hydrogens (primary N) is 1. The first-order valence-corrected chi connectivity index (χ1v) is 13.6. The van der Waals surface area contributed by atoms with Crippen LogP contribution < -0.4 is 10.5 Å². The van der Waals surface area contributed by atoms with Crippen LogP contribution in [0.4, 0.5) is 17.6 Å². The number of alkyl halides is 4. The van der Waals surface area contributed by atoms with E-state index in [0.29, 0.717) is 38.5 Å². The summed E-state index contributed by atoms with van der Waals surface area (Å²) in [7, 11) is 0. The van der Waals surface area contributed by atoms with E-state index in [1.807, 2.05) is 36.4 Å². The number of carbonyl (C=O) groups excluding carboxylic acids is 1. The number of nitrogens with zero attached hydrogens (tertiary/aromatic N) is 2. The molecule has 0 spiro atoms. The molecule has 1 fully saturated rings. The Morgan fingerprint density at radius 3 is 2.17 bits per heavy atom. The maximum atomic E-state index is 14.5. The van der Waals surface area contributed by atoms with E-state index in [0.717, 1.165) is 11.1 Å². The molecule has 0 bridgehead atoms. The van der Waals surface area contributed by atoms with Gasteiger partial charge in [0, 0.05) is 37.8 Å². The number of halogens is 4. The summed E-state index contributed by atoms with van der Waals surface area (Å²) >= 11 is 0. The molecule has 1 aliphatic carbocycles. The molecule has 2 aromatic carbocycles. The van der Waals surface area contributed by atoms with E-state index in [9.17, 15) is 22.4 Å². The molecule has 214 valence electrons. The van der Waals surface area contributed by atoms with Gasteiger partial charge in [-0.3, -0.25) is 4.79 Å². The Labute approximate surface area is 232 Å². The lowest BCUT2D eigenvalue weighted by Gasteiger charge is -2.37.